The van der Waals surface area contributed by atoms with Gasteiger partial charge in [0.15, 0.2) is 21.4 Å². The molecule has 46 heavy (non-hydrogen) atoms. The summed E-state index contributed by atoms with van der Waals surface area (Å²) in [5.41, 5.74) is 0.256. The van der Waals surface area contributed by atoms with Crippen molar-refractivity contribution in [3.63, 3.8) is 0 Å². The molecule has 3 heterocycles. The summed E-state index contributed by atoms with van der Waals surface area (Å²) in [5.74, 6) is -2.04. The molecule has 6 rings (SSSR count). The molecule has 4 aromatic rings. The van der Waals surface area contributed by atoms with Crippen LogP contribution in [0.4, 0.5) is 20.2 Å². The molecule has 0 aliphatic carbocycles. The Morgan fingerprint density at radius 3 is 2.57 bits per heavy atom. The highest BCUT2D eigenvalue weighted by atomic mass is 32.2. The number of aromatic hydroxyl groups is 1. The van der Waals surface area contributed by atoms with Gasteiger partial charge < -0.3 is 19.6 Å². The number of halogens is 2. The van der Waals surface area contributed by atoms with E-state index in [-0.39, 0.29) is 80.7 Å². The maximum absolute atomic E-state index is 16.4. The molecule has 240 valence electrons. The van der Waals surface area contributed by atoms with E-state index in [1.165, 1.54) is 30.3 Å². The Labute approximate surface area is 265 Å². The van der Waals surface area contributed by atoms with Gasteiger partial charge in [-0.3, -0.25) is 9.69 Å². The molecule has 2 N–H and O–H groups in total. The first-order valence-corrected chi connectivity index (χ1v) is 16.3. The van der Waals surface area contributed by atoms with Crippen LogP contribution in [-0.4, -0.2) is 30.2 Å². The summed E-state index contributed by atoms with van der Waals surface area (Å²) in [6.45, 7) is 8.19. The first kappa shape index (κ1) is 31.3. The van der Waals surface area contributed by atoms with Crippen molar-refractivity contribution in [1.82, 2.24) is 4.98 Å². The number of sulfone groups is 1. The number of aromatic nitrogens is 1. The summed E-state index contributed by atoms with van der Waals surface area (Å²) < 4.78 is 70.5. The van der Waals surface area contributed by atoms with E-state index in [4.69, 9.17) is 9.15 Å². The standard InChI is InChI=1S/C34H33F2N3O6S/c1-18-8-6-9-21(28(18)36)16-44-22-12-13-23(24(35)14-22)31-32-25(15-34(4,5)17-46(32,42)43)38-30-26(10-7-11-27(30)40)39(31)33(41)29-19(2)45-20(3)37-29/h6-14,31,38,40H,15-17H2,1-5H3. The van der Waals surface area contributed by atoms with Crippen LogP contribution in [-0.2, 0) is 16.4 Å². The SMILES string of the molecule is Cc1nc(C(=O)N2c3cccc(O)c3NC3=C(C2c2ccc(OCc4cccc(C)c4F)cc2F)S(=O)(=O)CC(C)(C)C3)c(C)o1. The number of para-hydroxylation sites is 1. The molecule has 12 heteroatoms. The molecule has 9 nitrogen and oxygen atoms in total. The number of phenols is 1. The number of nitrogens with zero attached hydrogens (tertiary/aromatic N) is 2. The van der Waals surface area contributed by atoms with E-state index in [2.05, 4.69) is 10.3 Å². The maximum atomic E-state index is 16.4. The summed E-state index contributed by atoms with van der Waals surface area (Å²) in [7, 11) is -4.12. The lowest BCUT2D eigenvalue weighted by Gasteiger charge is -2.37. The third-order valence-corrected chi connectivity index (χ3v) is 10.5. The number of benzene rings is 3. The van der Waals surface area contributed by atoms with Gasteiger partial charge in [-0.1, -0.05) is 38.1 Å². The van der Waals surface area contributed by atoms with Crippen molar-refractivity contribution < 1.29 is 36.3 Å². The number of phenolic OH excluding ortho intramolecular Hbond substituents is 1. The fourth-order valence-electron chi connectivity index (χ4n) is 6.25. The molecular formula is C34H33F2N3O6S. The second kappa shape index (κ2) is 11.3. The molecule has 1 atom stereocenters. The largest absolute Gasteiger partial charge is 0.506 e. The van der Waals surface area contributed by atoms with E-state index in [0.717, 1.165) is 11.0 Å². The molecule has 2 aliphatic heterocycles. The average Bonchev–Trinajstić information content (AvgIpc) is 3.22. The number of fused-ring (bicyclic) bond motifs is 1. The number of hydrogen-bond donors (Lipinski definition) is 2. The minimum atomic E-state index is -4.12. The van der Waals surface area contributed by atoms with Crippen LogP contribution in [0, 0.1) is 37.8 Å². The number of nitrogens with one attached hydrogen (secondary N) is 1. The fraction of sp³-hybridized carbons (Fsp3) is 0.294. The molecule has 3 aromatic carbocycles. The topological polar surface area (TPSA) is 122 Å². The van der Waals surface area contributed by atoms with E-state index < -0.39 is 38.8 Å². The number of amides is 1. The Morgan fingerprint density at radius 2 is 1.87 bits per heavy atom. The molecule has 0 spiro atoms. The summed E-state index contributed by atoms with van der Waals surface area (Å²) in [6, 6.07) is 11.7. The predicted molar refractivity (Wildman–Crippen MR) is 168 cm³/mol. The first-order chi connectivity index (χ1) is 21.7. The average molecular weight is 650 g/mol. The molecule has 0 bridgehead atoms. The molecule has 1 aromatic heterocycles. The van der Waals surface area contributed by atoms with E-state index in [1.807, 2.05) is 0 Å². The Balaban J connectivity index is 1.55. The lowest BCUT2D eigenvalue weighted by atomic mass is 9.88. The number of ether oxygens (including phenoxy) is 1. The molecular weight excluding hydrogens is 616 g/mol. The highest BCUT2D eigenvalue weighted by Crippen LogP contribution is 2.52. The normalized spacial score (nSPS) is 18.3. The number of anilines is 2. The van der Waals surface area contributed by atoms with Gasteiger partial charge in [0.1, 0.15) is 47.2 Å². The maximum Gasteiger partial charge on any atom is 0.281 e. The number of carbonyl (C=O) groups excluding carboxylic acids is 1. The molecule has 0 saturated carbocycles. The van der Waals surface area contributed by atoms with Crippen LogP contribution < -0.4 is 15.0 Å². The molecule has 0 fully saturated rings. The molecule has 2 aliphatic rings. The summed E-state index contributed by atoms with van der Waals surface area (Å²) >= 11 is 0. The summed E-state index contributed by atoms with van der Waals surface area (Å²) in [6.07, 6.45) is 0.237. The zero-order valence-corrected chi connectivity index (χ0v) is 26.8. The van der Waals surface area contributed by atoms with Crippen LogP contribution in [0.2, 0.25) is 0 Å². The predicted octanol–water partition coefficient (Wildman–Crippen LogP) is 7.03. The first-order valence-electron chi connectivity index (χ1n) is 14.7. The van der Waals surface area contributed by atoms with E-state index in [1.54, 1.807) is 52.8 Å². The van der Waals surface area contributed by atoms with E-state index >= 15 is 4.39 Å². The third-order valence-electron chi connectivity index (χ3n) is 8.19. The quantitative estimate of drug-likeness (QED) is 0.221. The van der Waals surface area contributed by atoms with E-state index in [0.29, 0.717) is 5.56 Å². The molecule has 0 saturated heterocycles. The van der Waals surface area contributed by atoms with Gasteiger partial charge in [0.25, 0.3) is 5.91 Å². The Kier molecular flexibility index (Phi) is 7.66. The van der Waals surface area contributed by atoms with Crippen molar-refractivity contribution in [3.05, 3.63) is 111 Å². The Bertz CT molecular complexity index is 2040. The Hall–Kier alpha value is -4.71. The number of rotatable bonds is 5. The van der Waals surface area contributed by atoms with Gasteiger partial charge in [0.2, 0.25) is 0 Å². The van der Waals surface area contributed by atoms with Crippen molar-refractivity contribution >= 4 is 27.1 Å². The lowest BCUT2D eigenvalue weighted by Crippen LogP contribution is -2.41. The zero-order valence-electron chi connectivity index (χ0n) is 25.9. The van der Waals surface area contributed by atoms with Crippen molar-refractivity contribution in [2.45, 2.75) is 53.7 Å². The Morgan fingerprint density at radius 1 is 1.13 bits per heavy atom. The van der Waals surface area contributed by atoms with Crippen LogP contribution >= 0.6 is 0 Å². The minimum Gasteiger partial charge on any atom is -0.506 e. The van der Waals surface area contributed by atoms with Gasteiger partial charge in [-0.2, -0.15) is 0 Å². The molecule has 1 unspecified atom stereocenters. The minimum absolute atomic E-state index is 0.0784. The van der Waals surface area contributed by atoms with Crippen molar-refractivity contribution in [3.8, 4) is 11.5 Å². The fourth-order valence-corrected chi connectivity index (χ4v) is 8.61. The second-order valence-corrected chi connectivity index (χ2v) is 14.4. The molecule has 0 radical (unpaired) electrons. The third kappa shape index (κ3) is 5.51. The highest BCUT2D eigenvalue weighted by molar-refractivity contribution is 7.95. The molecule has 1 amide bonds. The zero-order chi connectivity index (χ0) is 33.1. The highest BCUT2D eigenvalue weighted by Gasteiger charge is 2.48. The van der Waals surface area contributed by atoms with Gasteiger partial charge in [0, 0.05) is 29.8 Å². The number of hydrogen-bond acceptors (Lipinski definition) is 8. The van der Waals surface area contributed by atoms with Gasteiger partial charge in [0.05, 0.1) is 16.3 Å². The van der Waals surface area contributed by atoms with E-state index in [9.17, 15) is 22.7 Å². The van der Waals surface area contributed by atoms with Crippen LogP contribution in [0.5, 0.6) is 11.5 Å². The summed E-state index contributed by atoms with van der Waals surface area (Å²) in [4.78, 5) is 19.7. The van der Waals surface area contributed by atoms with Crippen molar-refractivity contribution in [1.29, 1.82) is 0 Å². The van der Waals surface area contributed by atoms with Crippen LogP contribution in [0.3, 0.4) is 0 Å². The van der Waals surface area contributed by atoms with Gasteiger partial charge in [-0.25, -0.2) is 22.2 Å². The van der Waals surface area contributed by atoms with Gasteiger partial charge in [-0.15, -0.1) is 0 Å². The lowest BCUT2D eigenvalue weighted by molar-refractivity contribution is 0.0974. The number of aryl methyl sites for hydroxylation is 3. The van der Waals surface area contributed by atoms with Crippen molar-refractivity contribution in [2.75, 3.05) is 16.0 Å². The number of carbonyl (C=O) groups is 1. The number of oxazole rings is 1. The van der Waals surface area contributed by atoms with Gasteiger partial charge in [-0.05, 0) is 55.5 Å². The monoisotopic (exact) mass is 649 g/mol. The van der Waals surface area contributed by atoms with Gasteiger partial charge >= 0.3 is 0 Å². The van der Waals surface area contributed by atoms with Crippen LogP contribution in [0.15, 0.2) is 69.6 Å². The van der Waals surface area contributed by atoms with Crippen LogP contribution in [0.25, 0.3) is 0 Å². The second-order valence-electron chi connectivity index (χ2n) is 12.5. The number of allylic oxidation sites excluding steroid dienone is 1. The summed E-state index contributed by atoms with van der Waals surface area (Å²) in [5, 5.41) is 14.1. The van der Waals surface area contributed by atoms with Crippen molar-refractivity contribution in [2.24, 2.45) is 5.41 Å². The smallest absolute Gasteiger partial charge is 0.281 e. The van der Waals surface area contributed by atoms with Crippen LogP contribution in [0.1, 0.15) is 65.1 Å².